The van der Waals surface area contributed by atoms with Crippen molar-refractivity contribution in [2.75, 3.05) is 19.5 Å². The van der Waals surface area contributed by atoms with Crippen molar-refractivity contribution in [1.82, 2.24) is 15.3 Å². The molecule has 30 heavy (non-hydrogen) atoms. The topological polar surface area (TPSA) is 102 Å². The molecule has 2 N–H and O–H groups in total. The van der Waals surface area contributed by atoms with E-state index in [1.54, 1.807) is 38.5 Å². The number of hydrogen-bond donors (Lipinski definition) is 2. The molecule has 2 aromatic carbocycles. The minimum atomic E-state index is -0.448. The number of hydrogen-bond acceptors (Lipinski definition) is 6. The molecule has 0 spiro atoms. The summed E-state index contributed by atoms with van der Waals surface area (Å²) in [7, 11) is 3.14. The van der Waals surface area contributed by atoms with Gasteiger partial charge in [0.15, 0.2) is 11.5 Å². The zero-order chi connectivity index (χ0) is 21.5. The standard InChI is InChI=1S/C22H22N4O4/c1-14(15-4-8-17(29-2)9-5-15)25-22(28)19-20(24-13-12-23-19)26-21(27)16-6-10-18(30-3)11-7-16/h4-14H,1-3H3,(H,25,28)(H,24,26,27). The molecule has 1 heterocycles. The fraction of sp³-hybridized carbons (Fsp3) is 0.182. The lowest BCUT2D eigenvalue weighted by Gasteiger charge is -2.15. The second-order valence-electron chi connectivity index (χ2n) is 6.40. The van der Waals surface area contributed by atoms with Crippen molar-refractivity contribution < 1.29 is 19.1 Å². The number of nitrogens with one attached hydrogen (secondary N) is 2. The van der Waals surface area contributed by atoms with Crippen LogP contribution in [-0.2, 0) is 0 Å². The van der Waals surface area contributed by atoms with E-state index in [-0.39, 0.29) is 17.6 Å². The van der Waals surface area contributed by atoms with Crippen LogP contribution in [0.3, 0.4) is 0 Å². The molecule has 3 rings (SSSR count). The van der Waals surface area contributed by atoms with Gasteiger partial charge in [-0.2, -0.15) is 0 Å². The monoisotopic (exact) mass is 406 g/mol. The number of carbonyl (C=O) groups is 2. The first-order valence-electron chi connectivity index (χ1n) is 9.23. The number of anilines is 1. The first-order valence-corrected chi connectivity index (χ1v) is 9.23. The Morgan fingerprint density at radius 2 is 1.40 bits per heavy atom. The van der Waals surface area contributed by atoms with Gasteiger partial charge in [0.1, 0.15) is 11.5 Å². The predicted octanol–water partition coefficient (Wildman–Crippen LogP) is 3.24. The van der Waals surface area contributed by atoms with E-state index in [0.717, 1.165) is 11.3 Å². The summed E-state index contributed by atoms with van der Waals surface area (Å²) in [6, 6.07) is 13.7. The fourth-order valence-corrected chi connectivity index (χ4v) is 2.76. The summed E-state index contributed by atoms with van der Waals surface area (Å²) in [5.74, 6) is 0.595. The number of ether oxygens (including phenoxy) is 2. The number of aromatic nitrogens is 2. The van der Waals surface area contributed by atoms with Crippen LogP contribution < -0.4 is 20.1 Å². The second kappa shape index (κ2) is 9.51. The van der Waals surface area contributed by atoms with Gasteiger partial charge in [-0.3, -0.25) is 9.59 Å². The van der Waals surface area contributed by atoms with Gasteiger partial charge in [-0.15, -0.1) is 0 Å². The Morgan fingerprint density at radius 3 is 2.00 bits per heavy atom. The third-order valence-corrected chi connectivity index (χ3v) is 4.46. The molecule has 154 valence electrons. The van der Waals surface area contributed by atoms with Crippen LogP contribution in [0.15, 0.2) is 60.9 Å². The molecule has 1 aromatic heterocycles. The maximum Gasteiger partial charge on any atom is 0.274 e. The molecule has 0 radical (unpaired) electrons. The summed E-state index contributed by atoms with van der Waals surface area (Å²) in [5.41, 5.74) is 1.33. The normalized spacial score (nSPS) is 11.3. The maximum atomic E-state index is 12.8. The van der Waals surface area contributed by atoms with Gasteiger partial charge in [-0.1, -0.05) is 12.1 Å². The van der Waals surface area contributed by atoms with E-state index in [0.29, 0.717) is 11.3 Å². The molecule has 3 aromatic rings. The van der Waals surface area contributed by atoms with Crippen molar-refractivity contribution in [1.29, 1.82) is 0 Å². The van der Waals surface area contributed by atoms with Crippen LogP contribution in [0.5, 0.6) is 11.5 Å². The van der Waals surface area contributed by atoms with Gasteiger partial charge in [0, 0.05) is 18.0 Å². The summed E-state index contributed by atoms with van der Waals surface area (Å²) in [6.45, 7) is 1.85. The zero-order valence-electron chi connectivity index (χ0n) is 16.9. The van der Waals surface area contributed by atoms with Crippen LogP contribution in [-0.4, -0.2) is 36.0 Å². The molecule has 2 amide bonds. The van der Waals surface area contributed by atoms with Gasteiger partial charge in [0.2, 0.25) is 0 Å². The quantitative estimate of drug-likeness (QED) is 0.625. The molecule has 0 aliphatic rings. The first kappa shape index (κ1) is 20.8. The van der Waals surface area contributed by atoms with E-state index in [1.165, 1.54) is 12.4 Å². The Kier molecular flexibility index (Phi) is 6.59. The van der Waals surface area contributed by atoms with E-state index >= 15 is 0 Å². The molecular weight excluding hydrogens is 384 g/mol. The molecule has 0 saturated heterocycles. The van der Waals surface area contributed by atoms with E-state index < -0.39 is 11.8 Å². The Bertz CT molecular complexity index is 1020. The molecule has 0 aliphatic carbocycles. The van der Waals surface area contributed by atoms with E-state index in [9.17, 15) is 9.59 Å². The summed E-state index contributed by atoms with van der Waals surface area (Å²) in [6.07, 6.45) is 2.81. The number of rotatable bonds is 7. The third kappa shape index (κ3) is 4.91. The SMILES string of the molecule is COc1ccc(C(=O)Nc2nccnc2C(=O)NC(C)c2ccc(OC)cc2)cc1. The maximum absolute atomic E-state index is 12.8. The Hall–Kier alpha value is -3.94. The molecule has 0 saturated carbocycles. The van der Waals surface area contributed by atoms with Crippen LogP contribution in [0.25, 0.3) is 0 Å². The van der Waals surface area contributed by atoms with Gasteiger partial charge >= 0.3 is 0 Å². The molecule has 8 heteroatoms. The summed E-state index contributed by atoms with van der Waals surface area (Å²) in [5, 5.41) is 5.51. The lowest BCUT2D eigenvalue weighted by Crippen LogP contribution is -2.29. The number of amides is 2. The Morgan fingerprint density at radius 1 is 0.833 bits per heavy atom. The smallest absolute Gasteiger partial charge is 0.274 e. The molecular formula is C22H22N4O4. The van der Waals surface area contributed by atoms with Crippen LogP contribution in [0.2, 0.25) is 0 Å². The highest BCUT2D eigenvalue weighted by Gasteiger charge is 2.19. The highest BCUT2D eigenvalue weighted by molar-refractivity contribution is 6.07. The summed E-state index contributed by atoms with van der Waals surface area (Å²) >= 11 is 0. The predicted molar refractivity (Wildman–Crippen MR) is 112 cm³/mol. The van der Waals surface area contributed by atoms with Crippen LogP contribution in [0.4, 0.5) is 5.82 Å². The Labute approximate surface area is 174 Å². The van der Waals surface area contributed by atoms with Gasteiger partial charge in [0.25, 0.3) is 11.8 Å². The van der Waals surface area contributed by atoms with Gasteiger partial charge in [-0.05, 0) is 48.9 Å². The Balaban J connectivity index is 1.73. The van der Waals surface area contributed by atoms with Crippen molar-refractivity contribution in [2.45, 2.75) is 13.0 Å². The average molecular weight is 406 g/mol. The molecule has 1 unspecified atom stereocenters. The molecule has 8 nitrogen and oxygen atoms in total. The molecule has 1 atom stereocenters. The third-order valence-electron chi connectivity index (χ3n) is 4.46. The van der Waals surface area contributed by atoms with Crippen LogP contribution >= 0.6 is 0 Å². The second-order valence-corrected chi connectivity index (χ2v) is 6.40. The molecule has 0 fully saturated rings. The van der Waals surface area contributed by atoms with Crippen molar-refractivity contribution >= 4 is 17.6 Å². The van der Waals surface area contributed by atoms with Gasteiger partial charge < -0.3 is 20.1 Å². The number of carbonyl (C=O) groups excluding carboxylic acids is 2. The van der Waals surface area contributed by atoms with Crippen molar-refractivity contribution in [2.24, 2.45) is 0 Å². The minimum absolute atomic E-state index is 0.0275. The number of nitrogens with zero attached hydrogens (tertiary/aromatic N) is 2. The minimum Gasteiger partial charge on any atom is -0.497 e. The molecule has 0 aliphatic heterocycles. The summed E-state index contributed by atoms with van der Waals surface area (Å²) < 4.78 is 10.2. The lowest BCUT2D eigenvalue weighted by atomic mass is 10.1. The van der Waals surface area contributed by atoms with Crippen molar-refractivity contribution in [3.63, 3.8) is 0 Å². The highest BCUT2D eigenvalue weighted by atomic mass is 16.5. The van der Waals surface area contributed by atoms with Crippen molar-refractivity contribution in [3.05, 3.63) is 77.7 Å². The van der Waals surface area contributed by atoms with Gasteiger partial charge in [0.05, 0.1) is 20.3 Å². The average Bonchev–Trinajstić information content (AvgIpc) is 2.79. The summed E-state index contributed by atoms with van der Waals surface area (Å²) in [4.78, 5) is 33.5. The van der Waals surface area contributed by atoms with Crippen LogP contribution in [0.1, 0.15) is 39.4 Å². The van der Waals surface area contributed by atoms with Crippen LogP contribution in [0, 0.1) is 0 Å². The van der Waals surface area contributed by atoms with Gasteiger partial charge in [-0.25, -0.2) is 9.97 Å². The van der Waals surface area contributed by atoms with Crippen molar-refractivity contribution in [3.8, 4) is 11.5 Å². The highest BCUT2D eigenvalue weighted by Crippen LogP contribution is 2.19. The fourth-order valence-electron chi connectivity index (χ4n) is 2.76. The number of methoxy groups -OCH3 is 2. The van der Waals surface area contributed by atoms with E-state index in [1.807, 2.05) is 31.2 Å². The van der Waals surface area contributed by atoms with E-state index in [2.05, 4.69) is 20.6 Å². The zero-order valence-corrected chi connectivity index (χ0v) is 16.9. The first-order chi connectivity index (χ1) is 14.5. The largest absolute Gasteiger partial charge is 0.497 e. The van der Waals surface area contributed by atoms with E-state index in [4.69, 9.17) is 9.47 Å². The molecule has 0 bridgehead atoms. The number of benzene rings is 2. The lowest BCUT2D eigenvalue weighted by molar-refractivity contribution is 0.0935.